The van der Waals surface area contributed by atoms with Crippen LogP contribution in [0.5, 0.6) is 5.75 Å². The summed E-state index contributed by atoms with van der Waals surface area (Å²) >= 11 is 0. The highest BCUT2D eigenvalue weighted by Crippen LogP contribution is 2.29. The summed E-state index contributed by atoms with van der Waals surface area (Å²) in [5.74, 6) is 0.542. The number of fused-ring (bicyclic) bond motifs is 1. The van der Waals surface area contributed by atoms with E-state index < -0.39 is 0 Å². The molecule has 0 aromatic heterocycles. The van der Waals surface area contributed by atoms with E-state index in [1.807, 2.05) is 31.2 Å². The maximum absolute atomic E-state index is 12.6. The lowest BCUT2D eigenvalue weighted by molar-refractivity contribution is 0.0642. The van der Waals surface area contributed by atoms with Gasteiger partial charge in [-0.3, -0.25) is 19.4 Å². The van der Waals surface area contributed by atoms with Gasteiger partial charge in [-0.15, -0.1) is 0 Å². The van der Waals surface area contributed by atoms with Crippen molar-refractivity contribution in [3.8, 4) is 5.75 Å². The lowest BCUT2D eigenvalue weighted by atomic mass is 10.1. The summed E-state index contributed by atoms with van der Waals surface area (Å²) in [6.45, 7) is 8.04. The Morgan fingerprint density at radius 2 is 1.34 bits per heavy atom. The van der Waals surface area contributed by atoms with Gasteiger partial charge >= 0.3 is 0 Å². The molecule has 3 aromatic carbocycles. The molecule has 1 fully saturated rings. The molecular weight excluding hydrogens is 438 g/mol. The summed E-state index contributed by atoms with van der Waals surface area (Å²) in [5, 5.41) is 0. The van der Waals surface area contributed by atoms with E-state index in [0.717, 1.165) is 50.5 Å². The monoisotopic (exact) mass is 469 g/mol. The van der Waals surface area contributed by atoms with E-state index >= 15 is 0 Å². The number of benzene rings is 3. The second kappa shape index (κ2) is 10.3. The van der Waals surface area contributed by atoms with Gasteiger partial charge < -0.3 is 9.64 Å². The van der Waals surface area contributed by atoms with Crippen LogP contribution in [0, 0.1) is 0 Å². The summed E-state index contributed by atoms with van der Waals surface area (Å²) in [7, 11) is 0. The summed E-state index contributed by atoms with van der Waals surface area (Å²) < 4.78 is 5.81. The van der Waals surface area contributed by atoms with Crippen molar-refractivity contribution < 1.29 is 14.3 Å². The molecule has 180 valence electrons. The number of rotatable bonds is 8. The molecule has 6 heteroatoms. The van der Waals surface area contributed by atoms with Crippen molar-refractivity contribution in [3.05, 3.63) is 95.1 Å². The second-order valence-electron chi connectivity index (χ2n) is 9.04. The fourth-order valence-electron chi connectivity index (χ4n) is 4.87. The zero-order valence-electron chi connectivity index (χ0n) is 20.2. The highest BCUT2D eigenvalue weighted by atomic mass is 16.5. The number of carbonyl (C=O) groups excluding carboxylic acids is 2. The van der Waals surface area contributed by atoms with Crippen molar-refractivity contribution in [2.45, 2.75) is 19.9 Å². The zero-order chi connectivity index (χ0) is 24.2. The molecule has 0 aliphatic carbocycles. The first-order chi connectivity index (χ1) is 17.1. The molecule has 0 spiro atoms. The molecule has 2 aliphatic heterocycles. The minimum absolute atomic E-state index is 0.210. The van der Waals surface area contributed by atoms with Crippen LogP contribution >= 0.6 is 0 Å². The Kier molecular flexibility index (Phi) is 6.82. The highest BCUT2D eigenvalue weighted by molar-refractivity contribution is 6.21. The number of nitrogens with zero attached hydrogens (tertiary/aromatic N) is 3. The molecule has 0 N–H and O–H groups in total. The molecule has 5 rings (SSSR count). The Labute approximate surface area is 206 Å². The standard InChI is InChI=1S/C29H31N3O3/c1-2-35-27-10-6-5-9-26(27)31-19-17-30(18-20-31)16-15-22-11-13-23(14-12-22)21-32-28(33)24-7-3-4-8-25(24)29(32)34/h3-14H,2,15-21H2,1H3. The van der Waals surface area contributed by atoms with Crippen LogP contribution in [-0.2, 0) is 13.0 Å². The third kappa shape index (κ3) is 4.93. The van der Waals surface area contributed by atoms with E-state index in [2.05, 4.69) is 34.1 Å². The molecule has 6 nitrogen and oxygen atoms in total. The van der Waals surface area contributed by atoms with Crippen LogP contribution in [0.2, 0.25) is 0 Å². The third-order valence-electron chi connectivity index (χ3n) is 6.84. The van der Waals surface area contributed by atoms with Gasteiger partial charge in [0.1, 0.15) is 5.75 Å². The van der Waals surface area contributed by atoms with Gasteiger partial charge in [0, 0.05) is 32.7 Å². The largest absolute Gasteiger partial charge is 0.492 e. The van der Waals surface area contributed by atoms with Gasteiger partial charge in [-0.1, -0.05) is 48.5 Å². The Morgan fingerprint density at radius 3 is 2.00 bits per heavy atom. The SMILES string of the molecule is CCOc1ccccc1N1CCN(CCc2ccc(CN3C(=O)c4ccccc4C3=O)cc2)CC1. The first kappa shape index (κ1) is 23.1. The fraction of sp³-hybridized carbons (Fsp3) is 0.310. The molecule has 0 bridgehead atoms. The van der Waals surface area contributed by atoms with E-state index in [4.69, 9.17) is 4.74 Å². The number of hydrogen-bond acceptors (Lipinski definition) is 5. The summed E-state index contributed by atoms with van der Waals surface area (Å²) in [5.41, 5.74) is 4.40. The van der Waals surface area contributed by atoms with E-state index in [0.29, 0.717) is 24.3 Å². The van der Waals surface area contributed by atoms with Crippen LogP contribution in [-0.4, -0.2) is 60.9 Å². The predicted molar refractivity (Wildman–Crippen MR) is 137 cm³/mol. The number of amides is 2. The lowest BCUT2D eigenvalue weighted by Gasteiger charge is -2.36. The van der Waals surface area contributed by atoms with Crippen LogP contribution < -0.4 is 9.64 Å². The van der Waals surface area contributed by atoms with Crippen molar-refractivity contribution >= 4 is 17.5 Å². The van der Waals surface area contributed by atoms with Crippen LogP contribution in [0.15, 0.2) is 72.8 Å². The molecule has 0 radical (unpaired) electrons. The molecule has 2 aliphatic rings. The van der Waals surface area contributed by atoms with Gasteiger partial charge in [-0.05, 0) is 48.7 Å². The minimum Gasteiger partial charge on any atom is -0.492 e. The first-order valence-electron chi connectivity index (χ1n) is 12.4. The Hall–Kier alpha value is -3.64. The van der Waals surface area contributed by atoms with Gasteiger partial charge in [0.2, 0.25) is 0 Å². The van der Waals surface area contributed by atoms with Crippen molar-refractivity contribution in [1.29, 1.82) is 0 Å². The van der Waals surface area contributed by atoms with Crippen molar-refractivity contribution in [3.63, 3.8) is 0 Å². The smallest absolute Gasteiger partial charge is 0.261 e. The quantitative estimate of drug-likeness (QED) is 0.462. The van der Waals surface area contributed by atoms with Gasteiger partial charge in [-0.25, -0.2) is 0 Å². The number of ether oxygens (including phenoxy) is 1. The molecule has 35 heavy (non-hydrogen) atoms. The molecular formula is C29H31N3O3. The van der Waals surface area contributed by atoms with Crippen molar-refractivity contribution in [2.75, 3.05) is 44.2 Å². The number of para-hydroxylation sites is 2. The highest BCUT2D eigenvalue weighted by Gasteiger charge is 2.34. The summed E-state index contributed by atoms with van der Waals surface area (Å²) in [4.78, 5) is 31.5. The fourth-order valence-corrected chi connectivity index (χ4v) is 4.87. The van der Waals surface area contributed by atoms with Crippen LogP contribution in [0.3, 0.4) is 0 Å². The number of carbonyl (C=O) groups is 2. The average molecular weight is 470 g/mol. The van der Waals surface area contributed by atoms with E-state index in [-0.39, 0.29) is 11.8 Å². The molecule has 1 saturated heterocycles. The van der Waals surface area contributed by atoms with E-state index in [9.17, 15) is 9.59 Å². The number of piperazine rings is 1. The van der Waals surface area contributed by atoms with Crippen molar-refractivity contribution in [1.82, 2.24) is 9.80 Å². The lowest BCUT2D eigenvalue weighted by Crippen LogP contribution is -2.47. The zero-order valence-corrected chi connectivity index (χ0v) is 20.2. The maximum atomic E-state index is 12.6. The van der Waals surface area contributed by atoms with E-state index in [1.165, 1.54) is 16.2 Å². The Bertz CT molecular complexity index is 1160. The topological polar surface area (TPSA) is 53.1 Å². The number of hydrogen-bond donors (Lipinski definition) is 0. The Balaban J connectivity index is 1.12. The van der Waals surface area contributed by atoms with Gasteiger partial charge in [0.15, 0.2) is 0 Å². The van der Waals surface area contributed by atoms with E-state index in [1.54, 1.807) is 24.3 Å². The van der Waals surface area contributed by atoms with Crippen LogP contribution in [0.4, 0.5) is 5.69 Å². The second-order valence-corrected chi connectivity index (χ2v) is 9.04. The molecule has 0 atom stereocenters. The molecule has 3 aromatic rings. The minimum atomic E-state index is -0.210. The summed E-state index contributed by atoms with van der Waals surface area (Å²) in [6.07, 6.45) is 0.975. The maximum Gasteiger partial charge on any atom is 0.261 e. The molecule has 0 unspecified atom stereocenters. The first-order valence-corrected chi connectivity index (χ1v) is 12.4. The molecule has 0 saturated carbocycles. The third-order valence-corrected chi connectivity index (χ3v) is 6.84. The van der Waals surface area contributed by atoms with Crippen molar-refractivity contribution in [2.24, 2.45) is 0 Å². The van der Waals surface area contributed by atoms with Crippen LogP contribution in [0.25, 0.3) is 0 Å². The predicted octanol–water partition coefficient (Wildman–Crippen LogP) is 4.25. The average Bonchev–Trinajstić information content (AvgIpc) is 3.14. The van der Waals surface area contributed by atoms with Gasteiger partial charge in [0.25, 0.3) is 11.8 Å². The van der Waals surface area contributed by atoms with Gasteiger partial charge in [-0.2, -0.15) is 0 Å². The number of anilines is 1. The Morgan fingerprint density at radius 1 is 0.743 bits per heavy atom. The molecule has 2 amide bonds. The van der Waals surface area contributed by atoms with Crippen LogP contribution in [0.1, 0.15) is 38.8 Å². The number of imide groups is 1. The summed E-state index contributed by atoms with van der Waals surface area (Å²) in [6, 6.07) is 23.6. The molecule has 2 heterocycles. The van der Waals surface area contributed by atoms with Gasteiger partial charge in [0.05, 0.1) is 30.0 Å². The normalized spacial score (nSPS) is 16.0.